The fourth-order valence-electron chi connectivity index (χ4n) is 3.05. The van der Waals surface area contributed by atoms with Gasteiger partial charge in [0, 0.05) is 24.9 Å². The Balaban J connectivity index is 1.57. The van der Waals surface area contributed by atoms with Crippen LogP contribution in [-0.2, 0) is 4.79 Å². The second kappa shape index (κ2) is 7.07. The van der Waals surface area contributed by atoms with E-state index in [9.17, 15) is 4.79 Å². The number of benzene rings is 1. The molecule has 0 spiro atoms. The summed E-state index contributed by atoms with van der Waals surface area (Å²) >= 11 is 3.24. The summed E-state index contributed by atoms with van der Waals surface area (Å²) in [5, 5.41) is 4.02. The van der Waals surface area contributed by atoms with Crippen molar-refractivity contribution < 1.29 is 23.2 Å². The van der Waals surface area contributed by atoms with Crippen LogP contribution in [-0.4, -0.2) is 36.8 Å². The Kier molecular flexibility index (Phi) is 4.61. The first-order chi connectivity index (χ1) is 13.1. The van der Waals surface area contributed by atoms with Crippen molar-refractivity contribution in [2.45, 2.75) is 12.3 Å². The topological polar surface area (TPSA) is 90.8 Å². The molecule has 1 atom stereocenters. The van der Waals surface area contributed by atoms with Crippen LogP contribution in [0.5, 0.6) is 11.5 Å². The van der Waals surface area contributed by atoms with Gasteiger partial charge >= 0.3 is 0 Å². The Bertz CT molecular complexity index is 983. The highest BCUT2D eigenvalue weighted by molar-refractivity contribution is 9.10. The molecule has 3 heterocycles. The number of ether oxygens (including phenoxy) is 2. The molecule has 9 heteroatoms. The Hall–Kier alpha value is -2.81. The number of anilines is 1. The molecular formula is C18H16BrN3O5. The molecule has 3 aromatic rings. The number of carbonyl (C=O) groups is 1. The molecule has 1 amide bonds. The number of aromatic nitrogens is 2. The van der Waals surface area contributed by atoms with Crippen molar-refractivity contribution >= 4 is 27.5 Å². The predicted molar refractivity (Wildman–Crippen MR) is 99.0 cm³/mol. The molecule has 140 valence electrons. The third-order valence-corrected chi connectivity index (χ3v) is 4.82. The first-order valence-electron chi connectivity index (χ1n) is 8.20. The van der Waals surface area contributed by atoms with Crippen molar-refractivity contribution in [2.24, 2.45) is 0 Å². The minimum atomic E-state index is -0.180. The SMILES string of the molecule is COc1ccc(N2CC(c3noc(-c4ccc(Br)o4)n3)CC2=O)c(OC)c1. The van der Waals surface area contributed by atoms with E-state index in [0.717, 1.165) is 0 Å². The lowest BCUT2D eigenvalue weighted by Gasteiger charge is -2.19. The molecule has 0 N–H and O–H groups in total. The molecule has 0 aliphatic carbocycles. The van der Waals surface area contributed by atoms with E-state index in [2.05, 4.69) is 26.1 Å². The number of nitrogens with zero attached hydrogens (tertiary/aromatic N) is 3. The van der Waals surface area contributed by atoms with Crippen LogP contribution in [0.3, 0.4) is 0 Å². The number of halogens is 1. The summed E-state index contributed by atoms with van der Waals surface area (Å²) in [6.07, 6.45) is 0.288. The molecule has 1 aliphatic rings. The van der Waals surface area contributed by atoms with Gasteiger partial charge in [0.05, 0.1) is 19.9 Å². The second-order valence-corrected chi connectivity index (χ2v) is 6.79. The van der Waals surface area contributed by atoms with Gasteiger partial charge in [0.1, 0.15) is 11.5 Å². The summed E-state index contributed by atoms with van der Waals surface area (Å²) in [6, 6.07) is 8.82. The smallest absolute Gasteiger partial charge is 0.293 e. The molecule has 1 unspecified atom stereocenters. The normalized spacial score (nSPS) is 16.8. The number of methoxy groups -OCH3 is 2. The maximum Gasteiger partial charge on any atom is 0.293 e. The number of hydrogen-bond donors (Lipinski definition) is 0. The molecular weight excluding hydrogens is 418 g/mol. The zero-order valence-corrected chi connectivity index (χ0v) is 16.2. The summed E-state index contributed by atoms with van der Waals surface area (Å²) in [5.74, 6) is 2.24. The highest BCUT2D eigenvalue weighted by Gasteiger charge is 2.36. The van der Waals surface area contributed by atoms with Crippen molar-refractivity contribution in [2.75, 3.05) is 25.7 Å². The Morgan fingerprint density at radius 3 is 2.78 bits per heavy atom. The van der Waals surface area contributed by atoms with Crippen LogP contribution >= 0.6 is 15.9 Å². The molecule has 0 bridgehead atoms. The van der Waals surface area contributed by atoms with Crippen LogP contribution in [0, 0.1) is 0 Å². The zero-order valence-electron chi connectivity index (χ0n) is 14.6. The minimum Gasteiger partial charge on any atom is -0.497 e. The molecule has 4 rings (SSSR count). The molecule has 0 radical (unpaired) electrons. The number of rotatable bonds is 5. The number of furan rings is 1. The Morgan fingerprint density at radius 2 is 2.07 bits per heavy atom. The third kappa shape index (κ3) is 3.30. The van der Waals surface area contributed by atoms with Crippen molar-refractivity contribution in [1.82, 2.24) is 10.1 Å². The average molecular weight is 434 g/mol. The quantitative estimate of drug-likeness (QED) is 0.606. The molecule has 1 fully saturated rings. The van der Waals surface area contributed by atoms with E-state index >= 15 is 0 Å². The standard InChI is InChI=1S/C18H16BrN3O5/c1-24-11-3-4-12(14(8-11)25-2)22-9-10(7-16(22)23)17-20-18(27-21-17)13-5-6-15(19)26-13/h3-6,8,10H,7,9H2,1-2H3. The Morgan fingerprint density at radius 1 is 1.22 bits per heavy atom. The zero-order chi connectivity index (χ0) is 19.0. The number of hydrogen-bond acceptors (Lipinski definition) is 7. The molecule has 27 heavy (non-hydrogen) atoms. The Labute approximate surface area is 163 Å². The molecule has 0 saturated carbocycles. The molecule has 1 aliphatic heterocycles. The lowest BCUT2D eigenvalue weighted by molar-refractivity contribution is -0.117. The van der Waals surface area contributed by atoms with Crippen LogP contribution in [0.4, 0.5) is 5.69 Å². The van der Waals surface area contributed by atoms with Crippen molar-refractivity contribution in [1.29, 1.82) is 0 Å². The minimum absolute atomic E-state index is 0.0319. The maximum atomic E-state index is 12.6. The fraction of sp³-hybridized carbons (Fsp3) is 0.278. The van der Waals surface area contributed by atoms with Gasteiger partial charge in [0.15, 0.2) is 16.3 Å². The van der Waals surface area contributed by atoms with Gasteiger partial charge < -0.3 is 23.3 Å². The maximum absolute atomic E-state index is 12.6. The molecule has 1 saturated heterocycles. The first-order valence-corrected chi connectivity index (χ1v) is 9.00. The van der Waals surface area contributed by atoms with E-state index in [1.165, 1.54) is 0 Å². The van der Waals surface area contributed by atoms with Crippen LogP contribution in [0.15, 0.2) is 43.9 Å². The summed E-state index contributed by atoms with van der Waals surface area (Å²) in [6.45, 7) is 0.433. The van der Waals surface area contributed by atoms with Gasteiger partial charge in [-0.1, -0.05) is 5.16 Å². The van der Waals surface area contributed by atoms with Gasteiger partial charge in [0.25, 0.3) is 5.89 Å². The first kappa shape index (κ1) is 17.6. The van der Waals surface area contributed by atoms with E-state index < -0.39 is 0 Å². The van der Waals surface area contributed by atoms with Crippen molar-refractivity contribution in [3.05, 3.63) is 40.8 Å². The van der Waals surface area contributed by atoms with Crippen molar-refractivity contribution in [3.63, 3.8) is 0 Å². The lowest BCUT2D eigenvalue weighted by atomic mass is 10.1. The van der Waals surface area contributed by atoms with Gasteiger partial charge in [-0.25, -0.2) is 0 Å². The highest BCUT2D eigenvalue weighted by Crippen LogP contribution is 2.38. The van der Waals surface area contributed by atoms with E-state index in [0.29, 0.717) is 40.0 Å². The number of amides is 1. The molecule has 8 nitrogen and oxygen atoms in total. The fourth-order valence-corrected chi connectivity index (χ4v) is 3.36. The van der Waals surface area contributed by atoms with Crippen LogP contribution in [0.25, 0.3) is 11.7 Å². The van der Waals surface area contributed by atoms with E-state index in [4.69, 9.17) is 18.4 Å². The predicted octanol–water partition coefficient (Wildman–Crippen LogP) is 3.63. The van der Waals surface area contributed by atoms with Crippen LogP contribution in [0.1, 0.15) is 18.2 Å². The summed E-state index contributed by atoms with van der Waals surface area (Å²) in [4.78, 5) is 18.6. The average Bonchev–Trinajstić information content (AvgIpc) is 3.40. The van der Waals surface area contributed by atoms with Gasteiger partial charge in [-0.2, -0.15) is 4.98 Å². The largest absolute Gasteiger partial charge is 0.497 e. The summed E-state index contributed by atoms with van der Waals surface area (Å²) < 4.78 is 21.9. The molecule has 2 aromatic heterocycles. The summed E-state index contributed by atoms with van der Waals surface area (Å²) in [5.41, 5.74) is 0.685. The summed E-state index contributed by atoms with van der Waals surface area (Å²) in [7, 11) is 3.14. The van der Waals surface area contributed by atoms with E-state index in [1.54, 1.807) is 49.5 Å². The van der Waals surface area contributed by atoms with Gasteiger partial charge in [-0.15, -0.1) is 0 Å². The van der Waals surface area contributed by atoms with E-state index in [-0.39, 0.29) is 24.1 Å². The number of carbonyl (C=O) groups excluding carboxylic acids is 1. The van der Waals surface area contributed by atoms with E-state index in [1.807, 2.05) is 0 Å². The third-order valence-electron chi connectivity index (χ3n) is 4.39. The van der Waals surface area contributed by atoms with Gasteiger partial charge in [-0.3, -0.25) is 4.79 Å². The van der Waals surface area contributed by atoms with Crippen LogP contribution in [0.2, 0.25) is 0 Å². The van der Waals surface area contributed by atoms with Crippen molar-refractivity contribution in [3.8, 4) is 23.1 Å². The monoisotopic (exact) mass is 433 g/mol. The highest BCUT2D eigenvalue weighted by atomic mass is 79.9. The molecule has 1 aromatic carbocycles. The van der Waals surface area contributed by atoms with Gasteiger partial charge in [-0.05, 0) is 40.2 Å². The van der Waals surface area contributed by atoms with Crippen LogP contribution < -0.4 is 14.4 Å². The lowest BCUT2D eigenvalue weighted by Crippen LogP contribution is -2.24. The van der Waals surface area contributed by atoms with Gasteiger partial charge in [0.2, 0.25) is 5.91 Å². The second-order valence-electron chi connectivity index (χ2n) is 6.00.